The smallest absolute Gasteiger partial charge is 0.224 e. The summed E-state index contributed by atoms with van der Waals surface area (Å²) in [5, 5.41) is 3.39. The largest absolute Gasteiger partial charge is 0.394 e. The average molecular weight is 244 g/mol. The second-order valence-electron chi connectivity index (χ2n) is 4.03. The summed E-state index contributed by atoms with van der Waals surface area (Å²) in [7, 11) is 4.04. The van der Waals surface area contributed by atoms with E-state index >= 15 is 0 Å². The van der Waals surface area contributed by atoms with Gasteiger partial charge in [-0.15, -0.1) is 0 Å². The number of likely N-dealkylation sites (N-methyl/N-ethyl adjacent to an activating group) is 1. The van der Waals surface area contributed by atoms with Gasteiger partial charge in [-0.25, -0.2) is 4.98 Å². The molecule has 0 radical (unpaired) electrons. The van der Waals surface area contributed by atoms with Crippen LogP contribution >= 0.6 is 11.6 Å². The third kappa shape index (κ3) is 3.21. The Labute approximate surface area is 101 Å². The average Bonchev–Trinajstić information content (AvgIpc) is 2.20. The number of aromatic nitrogens is 2. The van der Waals surface area contributed by atoms with Gasteiger partial charge in [0.05, 0.1) is 11.4 Å². The number of hydrogen-bond donors (Lipinski definition) is 2. The molecule has 0 aliphatic rings. The summed E-state index contributed by atoms with van der Waals surface area (Å²) in [6.07, 6.45) is 0. The van der Waals surface area contributed by atoms with Crippen LogP contribution < -0.4 is 11.1 Å². The number of nitrogens with one attached hydrogen (secondary N) is 1. The van der Waals surface area contributed by atoms with Crippen molar-refractivity contribution in [2.45, 2.75) is 19.9 Å². The van der Waals surface area contributed by atoms with E-state index in [0.717, 1.165) is 6.54 Å². The fourth-order valence-electron chi connectivity index (χ4n) is 1.11. The van der Waals surface area contributed by atoms with Crippen molar-refractivity contribution in [3.63, 3.8) is 0 Å². The third-order valence-corrected chi connectivity index (χ3v) is 2.72. The summed E-state index contributed by atoms with van der Waals surface area (Å²) in [6, 6.07) is 0.383. The Morgan fingerprint density at radius 3 is 2.62 bits per heavy atom. The molecule has 0 aromatic carbocycles. The van der Waals surface area contributed by atoms with E-state index in [1.165, 1.54) is 0 Å². The van der Waals surface area contributed by atoms with Crippen LogP contribution in [0.2, 0.25) is 5.28 Å². The zero-order valence-electron chi connectivity index (χ0n) is 10.1. The van der Waals surface area contributed by atoms with E-state index in [-0.39, 0.29) is 5.28 Å². The molecule has 1 heterocycles. The molecular formula is C10H18ClN5. The zero-order valence-corrected chi connectivity index (χ0v) is 10.8. The van der Waals surface area contributed by atoms with Crippen molar-refractivity contribution >= 4 is 23.1 Å². The van der Waals surface area contributed by atoms with Gasteiger partial charge in [-0.05, 0) is 39.5 Å². The summed E-state index contributed by atoms with van der Waals surface area (Å²) in [6.45, 7) is 4.67. The minimum Gasteiger partial charge on any atom is -0.394 e. The van der Waals surface area contributed by atoms with Crippen molar-refractivity contribution in [3.8, 4) is 0 Å². The van der Waals surface area contributed by atoms with Crippen LogP contribution in [-0.2, 0) is 0 Å². The Kier molecular flexibility index (Phi) is 4.32. The number of nitrogen functional groups attached to an aromatic ring is 1. The first-order valence-electron chi connectivity index (χ1n) is 5.11. The Morgan fingerprint density at radius 1 is 1.44 bits per heavy atom. The lowest BCUT2D eigenvalue weighted by Crippen LogP contribution is -2.32. The van der Waals surface area contributed by atoms with Crippen molar-refractivity contribution in [3.05, 3.63) is 11.0 Å². The number of rotatable bonds is 4. The maximum atomic E-state index is 5.85. The van der Waals surface area contributed by atoms with Gasteiger partial charge in [-0.2, -0.15) is 4.98 Å². The van der Waals surface area contributed by atoms with Crippen LogP contribution in [0.25, 0.3) is 0 Å². The SMILES string of the molecule is Cc1nc(Cl)nc(NCC(C)N(C)C)c1N. The molecule has 0 bridgehead atoms. The zero-order chi connectivity index (χ0) is 12.3. The van der Waals surface area contributed by atoms with Gasteiger partial charge in [0.2, 0.25) is 5.28 Å². The van der Waals surface area contributed by atoms with Crippen LogP contribution in [-0.4, -0.2) is 41.5 Å². The topological polar surface area (TPSA) is 67.1 Å². The molecule has 1 atom stereocenters. The van der Waals surface area contributed by atoms with Crippen LogP contribution in [0, 0.1) is 6.92 Å². The lowest BCUT2D eigenvalue weighted by molar-refractivity contribution is 0.326. The van der Waals surface area contributed by atoms with Gasteiger partial charge in [0.25, 0.3) is 0 Å². The van der Waals surface area contributed by atoms with Crippen molar-refractivity contribution in [2.75, 3.05) is 31.7 Å². The molecule has 0 spiro atoms. The van der Waals surface area contributed by atoms with Gasteiger partial charge < -0.3 is 16.0 Å². The molecule has 0 aliphatic carbocycles. The quantitative estimate of drug-likeness (QED) is 0.783. The Hall–Kier alpha value is -1.07. The molecule has 0 amide bonds. The molecule has 1 rings (SSSR count). The number of hydrogen-bond acceptors (Lipinski definition) is 5. The lowest BCUT2D eigenvalue weighted by atomic mass is 10.3. The minimum absolute atomic E-state index is 0.215. The van der Waals surface area contributed by atoms with E-state index in [9.17, 15) is 0 Å². The van der Waals surface area contributed by atoms with E-state index in [2.05, 4.69) is 27.1 Å². The van der Waals surface area contributed by atoms with Gasteiger partial charge in [0.15, 0.2) is 5.82 Å². The fraction of sp³-hybridized carbons (Fsp3) is 0.600. The first-order valence-corrected chi connectivity index (χ1v) is 5.49. The highest BCUT2D eigenvalue weighted by atomic mass is 35.5. The minimum atomic E-state index is 0.215. The molecule has 1 aromatic heterocycles. The number of halogens is 1. The third-order valence-electron chi connectivity index (χ3n) is 2.56. The fourth-order valence-corrected chi connectivity index (χ4v) is 1.32. The highest BCUT2D eigenvalue weighted by molar-refractivity contribution is 6.28. The normalized spacial score (nSPS) is 12.9. The van der Waals surface area contributed by atoms with Crippen molar-refractivity contribution in [1.29, 1.82) is 0 Å². The van der Waals surface area contributed by atoms with Gasteiger partial charge >= 0.3 is 0 Å². The molecule has 1 unspecified atom stereocenters. The van der Waals surface area contributed by atoms with Crippen LogP contribution in [0.3, 0.4) is 0 Å². The number of nitrogens with zero attached hydrogens (tertiary/aromatic N) is 3. The van der Waals surface area contributed by atoms with E-state index in [0.29, 0.717) is 23.2 Å². The molecule has 5 nitrogen and oxygen atoms in total. The van der Waals surface area contributed by atoms with Gasteiger partial charge in [0, 0.05) is 12.6 Å². The first-order chi connectivity index (χ1) is 7.41. The highest BCUT2D eigenvalue weighted by Gasteiger charge is 2.09. The highest BCUT2D eigenvalue weighted by Crippen LogP contribution is 2.20. The number of nitrogens with two attached hydrogens (primary N) is 1. The van der Waals surface area contributed by atoms with Crippen LogP contribution in [0.1, 0.15) is 12.6 Å². The molecule has 1 aromatic rings. The predicted octanol–water partition coefficient (Wildman–Crippen LogP) is 1.38. The second-order valence-corrected chi connectivity index (χ2v) is 4.37. The van der Waals surface area contributed by atoms with Crippen LogP contribution in [0.15, 0.2) is 0 Å². The molecule has 0 saturated heterocycles. The van der Waals surface area contributed by atoms with Crippen molar-refractivity contribution in [2.24, 2.45) is 0 Å². The number of aryl methyl sites for hydroxylation is 1. The van der Waals surface area contributed by atoms with E-state index in [4.69, 9.17) is 17.3 Å². The molecular weight excluding hydrogens is 226 g/mol. The van der Waals surface area contributed by atoms with Crippen LogP contribution in [0.4, 0.5) is 11.5 Å². The van der Waals surface area contributed by atoms with E-state index < -0.39 is 0 Å². The Bertz CT molecular complexity index is 366. The maximum absolute atomic E-state index is 5.85. The van der Waals surface area contributed by atoms with Gasteiger partial charge in [-0.1, -0.05) is 0 Å². The molecule has 0 saturated carbocycles. The van der Waals surface area contributed by atoms with E-state index in [1.54, 1.807) is 0 Å². The molecule has 90 valence electrons. The molecule has 0 aliphatic heterocycles. The monoisotopic (exact) mass is 243 g/mol. The van der Waals surface area contributed by atoms with E-state index in [1.807, 2.05) is 21.0 Å². The summed E-state index contributed by atoms with van der Waals surface area (Å²) in [5.74, 6) is 0.603. The summed E-state index contributed by atoms with van der Waals surface area (Å²) < 4.78 is 0. The molecule has 0 fully saturated rings. The second kappa shape index (κ2) is 5.32. The predicted molar refractivity (Wildman–Crippen MR) is 67.8 cm³/mol. The van der Waals surface area contributed by atoms with Crippen molar-refractivity contribution in [1.82, 2.24) is 14.9 Å². The maximum Gasteiger partial charge on any atom is 0.224 e. The lowest BCUT2D eigenvalue weighted by Gasteiger charge is -2.20. The number of anilines is 2. The molecule has 6 heteroatoms. The summed E-state index contributed by atoms with van der Waals surface area (Å²) >= 11 is 5.77. The van der Waals surface area contributed by atoms with Crippen molar-refractivity contribution < 1.29 is 0 Å². The molecule has 3 N–H and O–H groups in total. The Balaban J connectivity index is 2.74. The van der Waals surface area contributed by atoms with Gasteiger partial charge in [0.1, 0.15) is 0 Å². The standard InChI is InChI=1S/C10H18ClN5/c1-6(16(3)4)5-13-9-8(12)7(2)14-10(11)15-9/h6H,5,12H2,1-4H3,(H,13,14,15). The summed E-state index contributed by atoms with van der Waals surface area (Å²) in [5.41, 5.74) is 7.10. The first kappa shape index (κ1) is 13.0. The molecule has 16 heavy (non-hydrogen) atoms. The summed E-state index contributed by atoms with van der Waals surface area (Å²) in [4.78, 5) is 10.1. The van der Waals surface area contributed by atoms with Crippen LogP contribution in [0.5, 0.6) is 0 Å². The Morgan fingerprint density at radius 2 is 2.06 bits per heavy atom. The van der Waals surface area contributed by atoms with Gasteiger partial charge in [-0.3, -0.25) is 0 Å².